The number of hydrogen-bond acceptors (Lipinski definition) is 3. The van der Waals surface area contributed by atoms with Crippen LogP contribution in [0.15, 0.2) is 24.3 Å². The van der Waals surface area contributed by atoms with Gasteiger partial charge in [0.1, 0.15) is 11.9 Å². The van der Waals surface area contributed by atoms with E-state index in [-0.39, 0.29) is 11.6 Å². The van der Waals surface area contributed by atoms with Crippen LogP contribution in [0.3, 0.4) is 0 Å². The maximum atomic E-state index is 15.2. The van der Waals surface area contributed by atoms with Crippen LogP contribution in [0.2, 0.25) is 0 Å². The fourth-order valence-corrected chi connectivity index (χ4v) is 4.76. The molecule has 23 heavy (non-hydrogen) atoms. The van der Waals surface area contributed by atoms with E-state index in [0.717, 1.165) is 38.0 Å². The Kier molecular flexibility index (Phi) is 4.41. The molecule has 2 saturated heterocycles. The SMILES string of the molecule is CN[C@H]1C[C@]2(C)CCC[C@](C)([C@H]1F)N2Cc1ccc(OC)cc1. The highest BCUT2D eigenvalue weighted by Crippen LogP contribution is 2.49. The average Bonchev–Trinajstić information content (AvgIpc) is 2.55. The Bertz CT molecular complexity index is 549. The van der Waals surface area contributed by atoms with Crippen molar-refractivity contribution in [2.24, 2.45) is 0 Å². The van der Waals surface area contributed by atoms with Gasteiger partial charge >= 0.3 is 0 Å². The minimum Gasteiger partial charge on any atom is -0.497 e. The summed E-state index contributed by atoms with van der Waals surface area (Å²) in [6.07, 6.45) is 3.22. The van der Waals surface area contributed by atoms with Crippen LogP contribution in [0.4, 0.5) is 4.39 Å². The Morgan fingerprint density at radius 1 is 1.26 bits per heavy atom. The summed E-state index contributed by atoms with van der Waals surface area (Å²) in [5, 5.41) is 3.21. The quantitative estimate of drug-likeness (QED) is 0.918. The second-order valence-electron chi connectivity index (χ2n) is 7.64. The van der Waals surface area contributed by atoms with Gasteiger partial charge in [-0.2, -0.15) is 0 Å². The molecule has 0 unspecified atom stereocenters. The van der Waals surface area contributed by atoms with E-state index in [2.05, 4.69) is 36.2 Å². The molecular formula is C19H29FN2O. The molecule has 128 valence electrons. The van der Waals surface area contributed by atoms with Gasteiger partial charge in [0, 0.05) is 18.1 Å². The minimum absolute atomic E-state index is 0.0441. The van der Waals surface area contributed by atoms with Crippen molar-refractivity contribution in [2.75, 3.05) is 14.2 Å². The highest BCUT2D eigenvalue weighted by molar-refractivity contribution is 5.28. The molecule has 4 atom stereocenters. The van der Waals surface area contributed by atoms with Crippen LogP contribution >= 0.6 is 0 Å². The first kappa shape index (κ1) is 16.7. The monoisotopic (exact) mass is 320 g/mol. The summed E-state index contributed by atoms with van der Waals surface area (Å²) >= 11 is 0. The van der Waals surface area contributed by atoms with Gasteiger partial charge in [-0.3, -0.25) is 4.90 Å². The molecule has 1 aromatic rings. The lowest BCUT2D eigenvalue weighted by Crippen LogP contribution is -2.73. The van der Waals surface area contributed by atoms with Crippen molar-refractivity contribution in [2.45, 2.75) is 69.4 Å². The fourth-order valence-electron chi connectivity index (χ4n) is 4.76. The second-order valence-corrected chi connectivity index (χ2v) is 7.64. The van der Waals surface area contributed by atoms with E-state index < -0.39 is 11.7 Å². The number of rotatable bonds is 4. The molecule has 2 fully saturated rings. The first-order valence-electron chi connectivity index (χ1n) is 8.65. The van der Waals surface area contributed by atoms with Gasteiger partial charge in [-0.25, -0.2) is 4.39 Å². The van der Waals surface area contributed by atoms with Crippen molar-refractivity contribution in [3.63, 3.8) is 0 Å². The third kappa shape index (κ3) is 2.76. The highest BCUT2D eigenvalue weighted by atomic mass is 19.1. The van der Waals surface area contributed by atoms with Gasteiger partial charge in [0.05, 0.1) is 12.6 Å². The number of hydrogen-bond donors (Lipinski definition) is 1. The molecule has 2 aliphatic heterocycles. The molecule has 2 bridgehead atoms. The number of nitrogens with zero attached hydrogens (tertiary/aromatic N) is 1. The van der Waals surface area contributed by atoms with Crippen molar-refractivity contribution in [1.82, 2.24) is 10.2 Å². The number of ether oxygens (including phenoxy) is 1. The molecule has 0 spiro atoms. The maximum absolute atomic E-state index is 15.2. The molecule has 2 heterocycles. The Labute approximate surface area is 139 Å². The largest absolute Gasteiger partial charge is 0.497 e. The predicted molar refractivity (Wildman–Crippen MR) is 91.6 cm³/mol. The van der Waals surface area contributed by atoms with E-state index in [1.54, 1.807) is 7.11 Å². The van der Waals surface area contributed by atoms with Gasteiger partial charge in [-0.15, -0.1) is 0 Å². The molecule has 0 aromatic heterocycles. The molecule has 3 nitrogen and oxygen atoms in total. The minimum atomic E-state index is -0.834. The molecule has 0 radical (unpaired) electrons. The molecule has 3 rings (SSSR count). The summed E-state index contributed by atoms with van der Waals surface area (Å²) in [5.74, 6) is 0.864. The summed E-state index contributed by atoms with van der Waals surface area (Å²) in [6, 6.07) is 8.13. The lowest BCUT2D eigenvalue weighted by atomic mass is 9.66. The molecule has 1 N–H and O–H groups in total. The third-order valence-corrected chi connectivity index (χ3v) is 6.14. The van der Waals surface area contributed by atoms with Gasteiger partial charge < -0.3 is 10.1 Å². The van der Waals surface area contributed by atoms with Gasteiger partial charge in [-0.1, -0.05) is 12.1 Å². The van der Waals surface area contributed by atoms with Crippen LogP contribution in [-0.2, 0) is 6.54 Å². The topological polar surface area (TPSA) is 24.5 Å². The smallest absolute Gasteiger partial charge is 0.133 e. The maximum Gasteiger partial charge on any atom is 0.133 e. The molecule has 4 heteroatoms. The van der Waals surface area contributed by atoms with Gasteiger partial charge in [0.15, 0.2) is 0 Å². The summed E-state index contributed by atoms with van der Waals surface area (Å²) in [6.45, 7) is 5.22. The first-order valence-corrected chi connectivity index (χ1v) is 8.65. The van der Waals surface area contributed by atoms with Crippen LogP contribution in [0.1, 0.15) is 45.1 Å². The lowest BCUT2D eigenvalue weighted by Gasteiger charge is -2.62. The van der Waals surface area contributed by atoms with Gasteiger partial charge in [0.2, 0.25) is 0 Å². The Morgan fingerprint density at radius 3 is 2.57 bits per heavy atom. The molecule has 1 aromatic carbocycles. The first-order chi connectivity index (χ1) is 10.9. The molecule has 2 aliphatic rings. The second kappa shape index (κ2) is 6.06. The number of piperidine rings is 2. The fraction of sp³-hybridized carbons (Fsp3) is 0.684. The number of alkyl halides is 1. The molecular weight excluding hydrogens is 291 g/mol. The molecule has 0 amide bonds. The van der Waals surface area contributed by atoms with Crippen LogP contribution < -0.4 is 10.1 Å². The zero-order valence-electron chi connectivity index (χ0n) is 14.7. The Hall–Kier alpha value is -1.13. The summed E-state index contributed by atoms with van der Waals surface area (Å²) < 4.78 is 20.5. The van der Waals surface area contributed by atoms with Crippen LogP contribution in [0, 0.1) is 0 Å². The van der Waals surface area contributed by atoms with Crippen molar-refractivity contribution < 1.29 is 9.13 Å². The number of fused-ring (bicyclic) bond motifs is 2. The van der Waals surface area contributed by atoms with E-state index in [9.17, 15) is 0 Å². The van der Waals surface area contributed by atoms with E-state index in [1.165, 1.54) is 5.56 Å². The van der Waals surface area contributed by atoms with E-state index in [1.807, 2.05) is 19.2 Å². The van der Waals surface area contributed by atoms with Crippen molar-refractivity contribution in [1.29, 1.82) is 0 Å². The number of methoxy groups -OCH3 is 1. The van der Waals surface area contributed by atoms with Crippen molar-refractivity contribution >= 4 is 0 Å². The Balaban J connectivity index is 1.89. The normalized spacial score (nSPS) is 37.6. The highest BCUT2D eigenvalue weighted by Gasteiger charge is 2.57. The van der Waals surface area contributed by atoms with E-state index >= 15 is 4.39 Å². The lowest BCUT2D eigenvalue weighted by molar-refractivity contribution is -0.142. The zero-order chi connectivity index (χ0) is 16.7. The van der Waals surface area contributed by atoms with Crippen LogP contribution in [0.5, 0.6) is 5.75 Å². The van der Waals surface area contributed by atoms with Crippen LogP contribution in [-0.4, -0.2) is 42.3 Å². The standard InChI is InChI=1S/C19H29FN2O/c1-18-10-5-11-19(2,17(20)16(12-18)21-3)22(18)13-14-6-8-15(23-4)9-7-14/h6-9,16-17,21H,5,10-13H2,1-4H3/t16-,17-,18-,19+/m0/s1. The number of benzene rings is 1. The summed E-state index contributed by atoms with van der Waals surface area (Å²) in [5.41, 5.74) is 0.891. The average molecular weight is 320 g/mol. The third-order valence-electron chi connectivity index (χ3n) is 6.14. The molecule has 0 saturated carbocycles. The van der Waals surface area contributed by atoms with Gasteiger partial charge in [-0.05, 0) is 64.3 Å². The zero-order valence-corrected chi connectivity index (χ0v) is 14.7. The Morgan fingerprint density at radius 2 is 1.96 bits per heavy atom. The van der Waals surface area contributed by atoms with Crippen molar-refractivity contribution in [3.05, 3.63) is 29.8 Å². The number of nitrogens with one attached hydrogen (secondary N) is 1. The van der Waals surface area contributed by atoms with Crippen LogP contribution in [0.25, 0.3) is 0 Å². The molecule has 0 aliphatic carbocycles. The van der Waals surface area contributed by atoms with Gasteiger partial charge in [0.25, 0.3) is 0 Å². The summed E-state index contributed by atoms with van der Waals surface area (Å²) in [7, 11) is 3.57. The van der Waals surface area contributed by atoms with E-state index in [0.29, 0.717) is 0 Å². The van der Waals surface area contributed by atoms with Crippen molar-refractivity contribution in [3.8, 4) is 5.75 Å². The summed E-state index contributed by atoms with van der Waals surface area (Å²) in [4.78, 5) is 2.43. The predicted octanol–water partition coefficient (Wildman–Crippen LogP) is 3.53. The van der Waals surface area contributed by atoms with E-state index in [4.69, 9.17) is 4.74 Å². The number of halogens is 1.